The predicted molar refractivity (Wildman–Crippen MR) is 72.6 cm³/mol. The van der Waals surface area contributed by atoms with Gasteiger partial charge in [0, 0.05) is 5.56 Å². The molecular weight excluding hydrogens is 287 g/mol. The van der Waals surface area contributed by atoms with E-state index >= 15 is 0 Å². The van der Waals surface area contributed by atoms with Gasteiger partial charge >= 0.3 is 0 Å². The van der Waals surface area contributed by atoms with Crippen LogP contribution in [0.4, 0.5) is 4.39 Å². The number of aryl methyl sites for hydroxylation is 1. The highest BCUT2D eigenvalue weighted by molar-refractivity contribution is 5.85. The van der Waals surface area contributed by atoms with Gasteiger partial charge in [-0.15, -0.1) is 12.4 Å². The van der Waals surface area contributed by atoms with Crippen LogP contribution in [0.5, 0.6) is 0 Å². The van der Waals surface area contributed by atoms with E-state index in [-0.39, 0.29) is 43.1 Å². The summed E-state index contributed by atoms with van der Waals surface area (Å²) in [5.41, 5.74) is 6.30. The first-order valence-corrected chi connectivity index (χ1v) is 5.66. The average Bonchev–Trinajstić information content (AvgIpc) is 2.88. The smallest absolute Gasteiger partial charge is 0.246 e. The largest absolute Gasteiger partial charge is 0.346 e. The van der Waals surface area contributed by atoms with E-state index in [2.05, 4.69) is 15.5 Å². The number of carbonyl (C=O) groups is 1. The Hall–Kier alpha value is -1.99. The molecule has 0 bridgehead atoms. The van der Waals surface area contributed by atoms with Crippen molar-refractivity contribution >= 4 is 18.3 Å². The summed E-state index contributed by atoms with van der Waals surface area (Å²) in [7, 11) is 0. The van der Waals surface area contributed by atoms with Crippen molar-refractivity contribution in [2.45, 2.75) is 13.5 Å². The highest BCUT2D eigenvalue weighted by Crippen LogP contribution is 2.18. The maximum atomic E-state index is 13.1. The van der Waals surface area contributed by atoms with Crippen LogP contribution in [0.3, 0.4) is 0 Å². The molecule has 0 aliphatic heterocycles. The summed E-state index contributed by atoms with van der Waals surface area (Å²) in [6.07, 6.45) is 0. The van der Waals surface area contributed by atoms with Crippen LogP contribution in [0.25, 0.3) is 11.4 Å². The first-order valence-electron chi connectivity index (χ1n) is 5.66. The first kappa shape index (κ1) is 16.1. The van der Waals surface area contributed by atoms with E-state index < -0.39 is 0 Å². The molecule has 2 aromatic rings. The van der Waals surface area contributed by atoms with Crippen LogP contribution < -0.4 is 11.1 Å². The van der Waals surface area contributed by atoms with Gasteiger partial charge in [0.25, 0.3) is 0 Å². The summed E-state index contributed by atoms with van der Waals surface area (Å²) >= 11 is 0. The molecular formula is C12H14ClFN4O2. The quantitative estimate of drug-likeness (QED) is 0.884. The fourth-order valence-electron chi connectivity index (χ4n) is 1.47. The zero-order valence-electron chi connectivity index (χ0n) is 10.7. The van der Waals surface area contributed by atoms with Gasteiger partial charge in [0.15, 0.2) is 0 Å². The zero-order chi connectivity index (χ0) is 13.8. The summed E-state index contributed by atoms with van der Waals surface area (Å²) in [6, 6.07) is 4.54. The second kappa shape index (κ2) is 6.97. The third-order valence-electron chi connectivity index (χ3n) is 2.51. The molecule has 2 rings (SSSR count). The standard InChI is InChI=1S/C12H13FN4O2.ClH/c1-7-4-8(2-3-9(7)13)12-16-11(19-17-12)6-15-10(18)5-14;/h2-4H,5-6,14H2,1H3,(H,15,18);1H. The number of amides is 1. The Kier molecular flexibility index (Phi) is 5.60. The normalized spacial score (nSPS) is 9.95. The first-order chi connectivity index (χ1) is 9.10. The number of nitrogens with zero attached hydrogens (tertiary/aromatic N) is 2. The molecule has 3 N–H and O–H groups in total. The van der Waals surface area contributed by atoms with Crippen molar-refractivity contribution in [1.82, 2.24) is 15.5 Å². The molecule has 0 spiro atoms. The van der Waals surface area contributed by atoms with Crippen LogP contribution in [-0.2, 0) is 11.3 Å². The van der Waals surface area contributed by atoms with Gasteiger partial charge in [-0.3, -0.25) is 4.79 Å². The van der Waals surface area contributed by atoms with Crippen molar-refractivity contribution in [3.63, 3.8) is 0 Å². The number of rotatable bonds is 4. The highest BCUT2D eigenvalue weighted by atomic mass is 35.5. The maximum absolute atomic E-state index is 13.1. The van der Waals surface area contributed by atoms with Crippen molar-refractivity contribution < 1.29 is 13.7 Å². The van der Waals surface area contributed by atoms with Gasteiger partial charge < -0.3 is 15.6 Å². The Bertz CT molecular complexity index is 603. The molecule has 8 heteroatoms. The summed E-state index contributed by atoms with van der Waals surface area (Å²) in [5, 5.41) is 6.28. The molecule has 0 fully saturated rings. The third kappa shape index (κ3) is 3.75. The fraction of sp³-hybridized carbons (Fsp3) is 0.250. The van der Waals surface area contributed by atoms with Gasteiger partial charge in [0.1, 0.15) is 5.82 Å². The summed E-state index contributed by atoms with van der Waals surface area (Å²) in [4.78, 5) is 15.1. The number of benzene rings is 1. The number of hydrogen-bond donors (Lipinski definition) is 2. The lowest BCUT2D eigenvalue weighted by Gasteiger charge is -1.98. The lowest BCUT2D eigenvalue weighted by molar-refractivity contribution is -0.120. The molecule has 20 heavy (non-hydrogen) atoms. The molecule has 0 unspecified atom stereocenters. The SMILES string of the molecule is Cc1cc(-c2noc(CNC(=O)CN)n2)ccc1F.Cl. The van der Waals surface area contributed by atoms with Gasteiger partial charge in [-0.25, -0.2) is 4.39 Å². The van der Waals surface area contributed by atoms with Crippen LogP contribution in [-0.4, -0.2) is 22.6 Å². The number of hydrogen-bond acceptors (Lipinski definition) is 5. The van der Waals surface area contributed by atoms with Crippen LogP contribution in [0.15, 0.2) is 22.7 Å². The van der Waals surface area contributed by atoms with Gasteiger partial charge in [-0.1, -0.05) is 5.16 Å². The summed E-state index contributed by atoms with van der Waals surface area (Å²) < 4.78 is 18.1. The molecule has 1 amide bonds. The van der Waals surface area contributed by atoms with E-state index in [1.165, 1.54) is 6.07 Å². The Labute approximate surface area is 121 Å². The molecule has 0 saturated carbocycles. The van der Waals surface area contributed by atoms with Gasteiger partial charge in [0.2, 0.25) is 17.6 Å². The van der Waals surface area contributed by atoms with Crippen molar-refractivity contribution in [1.29, 1.82) is 0 Å². The van der Waals surface area contributed by atoms with Gasteiger partial charge in [-0.2, -0.15) is 4.98 Å². The third-order valence-corrected chi connectivity index (χ3v) is 2.51. The molecule has 108 valence electrons. The minimum absolute atomic E-state index is 0. The number of halogens is 2. The van der Waals surface area contributed by atoms with Crippen molar-refractivity contribution in [3.8, 4) is 11.4 Å². The van der Waals surface area contributed by atoms with Crippen LogP contribution in [0, 0.1) is 12.7 Å². The molecule has 0 aliphatic rings. The second-order valence-corrected chi connectivity index (χ2v) is 3.96. The molecule has 0 saturated heterocycles. The second-order valence-electron chi connectivity index (χ2n) is 3.96. The lowest BCUT2D eigenvalue weighted by Crippen LogP contribution is -2.29. The fourth-order valence-corrected chi connectivity index (χ4v) is 1.47. The minimum atomic E-state index is -0.308. The Balaban J connectivity index is 0.00000200. The Morgan fingerprint density at radius 1 is 1.50 bits per heavy atom. The topological polar surface area (TPSA) is 94.0 Å². The summed E-state index contributed by atoms with van der Waals surface area (Å²) in [6.45, 7) is 1.67. The van der Waals surface area contributed by atoms with Gasteiger partial charge in [-0.05, 0) is 30.7 Å². The van der Waals surface area contributed by atoms with Gasteiger partial charge in [0.05, 0.1) is 13.1 Å². The number of nitrogens with one attached hydrogen (secondary N) is 1. The van der Waals surface area contributed by atoms with E-state index in [9.17, 15) is 9.18 Å². The average molecular weight is 301 g/mol. The van der Waals surface area contributed by atoms with Crippen molar-refractivity contribution in [2.24, 2.45) is 5.73 Å². The monoisotopic (exact) mass is 300 g/mol. The molecule has 1 aromatic carbocycles. The Morgan fingerprint density at radius 3 is 2.90 bits per heavy atom. The molecule has 0 aliphatic carbocycles. The summed E-state index contributed by atoms with van der Waals surface area (Å²) in [5.74, 6) is 0.0129. The van der Waals surface area contributed by atoms with Crippen molar-refractivity contribution in [3.05, 3.63) is 35.5 Å². The maximum Gasteiger partial charge on any atom is 0.246 e. The van der Waals surface area contributed by atoms with E-state index in [1.807, 2.05) is 0 Å². The van der Waals surface area contributed by atoms with Crippen molar-refractivity contribution in [2.75, 3.05) is 6.54 Å². The van der Waals surface area contributed by atoms with Crippen LogP contribution >= 0.6 is 12.4 Å². The molecule has 1 aromatic heterocycles. The van der Waals surface area contributed by atoms with E-state index in [4.69, 9.17) is 10.3 Å². The highest BCUT2D eigenvalue weighted by Gasteiger charge is 2.10. The Morgan fingerprint density at radius 2 is 2.25 bits per heavy atom. The molecule has 1 heterocycles. The lowest BCUT2D eigenvalue weighted by atomic mass is 10.1. The number of carbonyl (C=O) groups excluding carboxylic acids is 1. The van der Waals surface area contributed by atoms with E-state index in [0.29, 0.717) is 17.0 Å². The zero-order valence-corrected chi connectivity index (χ0v) is 11.5. The van der Waals surface area contributed by atoms with E-state index in [1.54, 1.807) is 19.1 Å². The predicted octanol–water partition coefficient (Wildman–Crippen LogP) is 1.18. The minimum Gasteiger partial charge on any atom is -0.346 e. The molecule has 0 radical (unpaired) electrons. The van der Waals surface area contributed by atoms with Crippen LogP contribution in [0.1, 0.15) is 11.5 Å². The molecule has 6 nitrogen and oxygen atoms in total. The van der Waals surface area contributed by atoms with Crippen LogP contribution in [0.2, 0.25) is 0 Å². The number of aromatic nitrogens is 2. The molecule has 0 atom stereocenters. The van der Waals surface area contributed by atoms with E-state index in [0.717, 1.165) is 0 Å². The number of nitrogens with two attached hydrogens (primary N) is 1.